The van der Waals surface area contributed by atoms with Crippen LogP contribution in [-0.2, 0) is 32.9 Å². The number of fused-ring (bicyclic) bond motifs is 2. The van der Waals surface area contributed by atoms with E-state index in [9.17, 15) is 9.59 Å². The van der Waals surface area contributed by atoms with E-state index in [2.05, 4.69) is 15.6 Å². The molecular formula is C27H32FN5O4Si. The van der Waals surface area contributed by atoms with Crippen LogP contribution in [0.3, 0.4) is 0 Å². The Hall–Kier alpha value is -3.41. The highest BCUT2D eigenvalue weighted by Crippen LogP contribution is 2.59. The average molecular weight is 538 g/mol. The first-order chi connectivity index (χ1) is 18.2. The van der Waals surface area contributed by atoms with Crippen LogP contribution in [0.5, 0.6) is 0 Å². The first-order valence-electron chi connectivity index (χ1n) is 12.8. The van der Waals surface area contributed by atoms with Gasteiger partial charge in [-0.2, -0.15) is 0 Å². The lowest BCUT2D eigenvalue weighted by Crippen LogP contribution is -2.42. The molecule has 2 aliphatic rings. The molecule has 200 valence electrons. The second kappa shape index (κ2) is 10.0. The lowest BCUT2D eigenvalue weighted by molar-refractivity contribution is -0.143. The minimum absolute atomic E-state index is 0.0174. The Morgan fingerprint density at radius 2 is 2.00 bits per heavy atom. The maximum absolute atomic E-state index is 15.9. The highest BCUT2D eigenvalue weighted by Gasteiger charge is 2.65. The Morgan fingerprint density at radius 1 is 1.24 bits per heavy atom. The molecule has 5 rings (SSSR count). The zero-order valence-corrected chi connectivity index (χ0v) is 22.7. The summed E-state index contributed by atoms with van der Waals surface area (Å²) in [6, 6.07) is 14.6. The summed E-state index contributed by atoms with van der Waals surface area (Å²) in [5.74, 6) is -0.746. The number of aryl methyl sites for hydroxylation is 1. The van der Waals surface area contributed by atoms with Gasteiger partial charge >= 0.3 is 0 Å². The molecule has 9 nitrogen and oxygen atoms in total. The van der Waals surface area contributed by atoms with Crippen molar-refractivity contribution in [1.82, 2.24) is 15.0 Å². The number of halogens is 1. The van der Waals surface area contributed by atoms with Crippen LogP contribution in [0.1, 0.15) is 24.6 Å². The summed E-state index contributed by atoms with van der Waals surface area (Å²) in [5.41, 5.74) is 1.37. The van der Waals surface area contributed by atoms with Crippen molar-refractivity contribution in [2.24, 2.45) is 5.92 Å². The van der Waals surface area contributed by atoms with Gasteiger partial charge in [-0.15, -0.1) is 5.10 Å². The lowest BCUT2D eigenvalue weighted by Gasteiger charge is -2.31. The fraction of sp³-hybridized carbons (Fsp3) is 0.407. The third kappa shape index (κ3) is 4.44. The molecule has 0 aliphatic carbocycles. The first kappa shape index (κ1) is 26.2. The van der Waals surface area contributed by atoms with Crippen molar-refractivity contribution in [3.05, 3.63) is 66.0 Å². The van der Waals surface area contributed by atoms with Gasteiger partial charge in [0.05, 0.1) is 11.8 Å². The zero-order chi connectivity index (χ0) is 27.1. The number of benzene rings is 2. The second-order valence-electron chi connectivity index (χ2n) is 10.5. The molecule has 11 heteroatoms. The van der Waals surface area contributed by atoms with Crippen LogP contribution in [0, 0.1) is 5.92 Å². The van der Waals surface area contributed by atoms with Gasteiger partial charge < -0.3 is 19.3 Å². The van der Waals surface area contributed by atoms with Crippen molar-refractivity contribution < 1.29 is 23.5 Å². The molecule has 1 saturated heterocycles. The number of nitrogens with zero attached hydrogens (tertiary/aromatic N) is 4. The Morgan fingerprint density at radius 3 is 2.68 bits per heavy atom. The number of aliphatic hydroxyl groups is 1. The Balaban J connectivity index is 1.50. The number of aromatic nitrogens is 3. The van der Waals surface area contributed by atoms with Gasteiger partial charge in [-0.1, -0.05) is 30.3 Å². The van der Waals surface area contributed by atoms with Gasteiger partial charge in [0, 0.05) is 59.9 Å². The maximum Gasteiger partial charge on any atom is 0.261 e. The largest absolute Gasteiger partial charge is 0.396 e. The Bertz CT molecular complexity index is 1330. The number of carbonyl (C=O) groups is 2. The van der Waals surface area contributed by atoms with E-state index in [1.807, 2.05) is 37.3 Å². The average Bonchev–Trinajstić information content (AvgIpc) is 3.54. The summed E-state index contributed by atoms with van der Waals surface area (Å²) in [6.45, 7) is 5.63. The number of hydrogen-bond acceptors (Lipinski definition) is 6. The number of aliphatic hydroxyl groups excluding tert-OH is 1. The van der Waals surface area contributed by atoms with Gasteiger partial charge in [0.2, 0.25) is 14.8 Å². The van der Waals surface area contributed by atoms with E-state index in [1.54, 1.807) is 42.2 Å². The third-order valence-electron chi connectivity index (χ3n) is 7.71. The number of nitrogens with one attached hydrogen (secondary N) is 1. The van der Waals surface area contributed by atoms with Crippen molar-refractivity contribution in [1.29, 1.82) is 0 Å². The molecule has 0 bridgehead atoms. The quantitative estimate of drug-likeness (QED) is 0.243. The van der Waals surface area contributed by atoms with Gasteiger partial charge in [-0.25, -0.2) is 0 Å². The number of carbonyl (C=O) groups excluding carboxylic acids is 2. The van der Waals surface area contributed by atoms with Crippen LogP contribution in [0.2, 0.25) is 18.6 Å². The van der Waals surface area contributed by atoms with Crippen molar-refractivity contribution in [3.63, 3.8) is 0 Å². The number of ether oxygens (including phenoxy) is 1. The molecular weight excluding hydrogens is 505 g/mol. The van der Waals surface area contributed by atoms with Crippen LogP contribution in [-0.4, -0.2) is 53.5 Å². The molecule has 1 spiro atoms. The topological polar surface area (TPSA) is 110 Å². The summed E-state index contributed by atoms with van der Waals surface area (Å²) in [5, 5.41) is 20.3. The van der Waals surface area contributed by atoms with Crippen molar-refractivity contribution in [2.45, 2.75) is 56.7 Å². The predicted molar refractivity (Wildman–Crippen MR) is 143 cm³/mol. The van der Waals surface area contributed by atoms with Crippen LogP contribution >= 0.6 is 0 Å². The van der Waals surface area contributed by atoms with Gasteiger partial charge in [0.1, 0.15) is 0 Å². The molecule has 38 heavy (non-hydrogen) atoms. The van der Waals surface area contributed by atoms with Crippen molar-refractivity contribution >= 4 is 37.8 Å². The molecule has 2 aromatic carbocycles. The fourth-order valence-electron chi connectivity index (χ4n) is 6.07. The first-order valence-corrected chi connectivity index (χ1v) is 15.8. The molecule has 3 aromatic rings. The van der Waals surface area contributed by atoms with E-state index in [0.717, 1.165) is 6.41 Å². The van der Waals surface area contributed by atoms with Gasteiger partial charge in [0.15, 0.2) is 5.60 Å². The summed E-state index contributed by atoms with van der Waals surface area (Å²) < 4.78 is 24.1. The molecule has 0 saturated carbocycles. The minimum Gasteiger partial charge on any atom is -0.396 e. The smallest absolute Gasteiger partial charge is 0.261 e. The van der Waals surface area contributed by atoms with Crippen LogP contribution in [0.15, 0.2) is 54.7 Å². The SMILES string of the molecule is C[C@@H]1[C@@H]([Si](C)(C)F)[C@H](CCn2cc(CCO)nn2)O[C@@]12C(=O)Nc1ccc(N(C=O)c3ccccc3)cc12. The fourth-order valence-corrected chi connectivity index (χ4v) is 8.61. The van der Waals surface area contributed by atoms with Gasteiger partial charge in [-0.3, -0.25) is 19.2 Å². The molecule has 1 fully saturated rings. The summed E-state index contributed by atoms with van der Waals surface area (Å²) >= 11 is 0. The lowest BCUT2D eigenvalue weighted by atomic mass is 9.82. The predicted octanol–water partition coefficient (Wildman–Crippen LogP) is 3.92. The van der Waals surface area contributed by atoms with E-state index >= 15 is 4.11 Å². The Kier molecular flexibility index (Phi) is 6.93. The van der Waals surface area contributed by atoms with Gasteiger partial charge in [-0.05, 0) is 49.8 Å². The van der Waals surface area contributed by atoms with Gasteiger partial charge in [0.25, 0.3) is 5.91 Å². The van der Waals surface area contributed by atoms with Crippen molar-refractivity contribution in [3.8, 4) is 0 Å². The number of para-hydroxylation sites is 1. The van der Waals surface area contributed by atoms with Crippen LogP contribution < -0.4 is 10.2 Å². The molecule has 0 radical (unpaired) electrons. The Labute approximate surface area is 221 Å². The van der Waals surface area contributed by atoms with E-state index in [0.29, 0.717) is 47.7 Å². The number of anilines is 3. The molecule has 3 heterocycles. The summed E-state index contributed by atoms with van der Waals surface area (Å²) in [6.07, 6.45) is 2.84. The number of hydrogen-bond donors (Lipinski definition) is 2. The molecule has 2 amide bonds. The van der Waals surface area contributed by atoms with Crippen LogP contribution in [0.25, 0.3) is 0 Å². The minimum atomic E-state index is -3.29. The van der Waals surface area contributed by atoms with E-state index < -0.39 is 31.6 Å². The molecule has 2 aliphatic heterocycles. The second-order valence-corrected chi connectivity index (χ2v) is 14.3. The zero-order valence-electron chi connectivity index (χ0n) is 21.7. The number of rotatable bonds is 9. The standard InChI is InChI=1S/C27H32FN5O4Si/c1-18-25(38(2,3)28)24(11-13-32-16-19(12-14-34)30-31-32)37-27(18)22-15-21(9-10-23(22)29-26(27)36)33(17-35)20-7-5-4-6-8-20/h4-10,15-18,24-25,34H,11-14H2,1-3H3,(H,29,36)/t18-,24+,25-,27+/m1/s1. The highest BCUT2D eigenvalue weighted by molar-refractivity contribution is 6.72. The molecule has 1 aromatic heterocycles. The normalized spacial score (nSPS) is 24.4. The molecule has 2 N–H and O–H groups in total. The highest BCUT2D eigenvalue weighted by atomic mass is 28.4. The summed E-state index contributed by atoms with van der Waals surface area (Å²) in [7, 11) is -3.29. The summed E-state index contributed by atoms with van der Waals surface area (Å²) in [4.78, 5) is 27.2. The van der Waals surface area contributed by atoms with Crippen LogP contribution in [0.4, 0.5) is 21.2 Å². The number of amides is 2. The van der Waals surface area contributed by atoms with Crippen molar-refractivity contribution in [2.75, 3.05) is 16.8 Å². The third-order valence-corrected chi connectivity index (χ3v) is 10.2. The molecule has 4 atom stereocenters. The monoisotopic (exact) mass is 537 g/mol. The van der Waals surface area contributed by atoms with E-state index in [4.69, 9.17) is 9.84 Å². The maximum atomic E-state index is 15.9. The van der Waals surface area contributed by atoms with E-state index in [1.165, 1.54) is 4.90 Å². The van der Waals surface area contributed by atoms with E-state index in [-0.39, 0.29) is 12.5 Å². The molecule has 0 unspecified atom stereocenters.